The lowest BCUT2D eigenvalue weighted by atomic mass is 9.69. The van der Waals surface area contributed by atoms with Crippen LogP contribution in [0.1, 0.15) is 46.5 Å². The molecule has 0 saturated heterocycles. The number of hydrogen-bond donors (Lipinski definition) is 1. The lowest BCUT2D eigenvalue weighted by Crippen LogP contribution is -2.46. The minimum Gasteiger partial charge on any atom is -0.318 e. The summed E-state index contributed by atoms with van der Waals surface area (Å²) >= 11 is 0. The number of rotatable bonds is 4. The molecule has 16 heavy (non-hydrogen) atoms. The third-order valence-corrected chi connectivity index (χ3v) is 4.12. The van der Waals surface area contributed by atoms with Gasteiger partial charge in [0.1, 0.15) is 0 Å². The molecule has 0 bridgehead atoms. The molecular weight excluding hydrogens is 196 g/mol. The summed E-state index contributed by atoms with van der Waals surface area (Å²) in [6.45, 7) is 9.49. The predicted molar refractivity (Wildman–Crippen MR) is 71.8 cm³/mol. The molecule has 1 fully saturated rings. The van der Waals surface area contributed by atoms with E-state index < -0.39 is 0 Å². The second-order valence-electron chi connectivity index (χ2n) is 6.41. The van der Waals surface area contributed by atoms with E-state index in [1.807, 2.05) is 7.05 Å². The Bertz CT molecular complexity index is 195. The molecule has 2 heteroatoms. The highest BCUT2D eigenvalue weighted by Crippen LogP contribution is 2.39. The van der Waals surface area contributed by atoms with Gasteiger partial charge in [-0.1, -0.05) is 33.6 Å². The molecule has 2 nitrogen and oxygen atoms in total. The summed E-state index contributed by atoms with van der Waals surface area (Å²) in [5.74, 6) is 0.864. The van der Waals surface area contributed by atoms with Crippen LogP contribution in [0, 0.1) is 11.3 Å². The van der Waals surface area contributed by atoms with Crippen LogP contribution >= 0.6 is 0 Å². The SMILES string of the molecule is CNCCN(C)C1CCCCC1C(C)(C)C. The fourth-order valence-corrected chi connectivity index (χ4v) is 3.10. The van der Waals surface area contributed by atoms with E-state index >= 15 is 0 Å². The van der Waals surface area contributed by atoms with E-state index in [2.05, 4.69) is 38.0 Å². The highest BCUT2D eigenvalue weighted by molar-refractivity contribution is 4.88. The Labute approximate surface area is 102 Å². The van der Waals surface area contributed by atoms with E-state index in [9.17, 15) is 0 Å². The van der Waals surface area contributed by atoms with E-state index in [0.717, 1.165) is 18.5 Å². The normalized spacial score (nSPS) is 27.4. The van der Waals surface area contributed by atoms with Crippen molar-refractivity contribution in [2.24, 2.45) is 11.3 Å². The van der Waals surface area contributed by atoms with Crippen LogP contribution in [0.15, 0.2) is 0 Å². The molecule has 96 valence electrons. The van der Waals surface area contributed by atoms with Gasteiger partial charge in [-0.05, 0) is 38.3 Å². The lowest BCUT2D eigenvalue weighted by molar-refractivity contribution is 0.0578. The van der Waals surface area contributed by atoms with Gasteiger partial charge in [-0.3, -0.25) is 0 Å². The zero-order valence-electron chi connectivity index (χ0n) is 11.8. The molecular formula is C14H30N2. The summed E-state index contributed by atoms with van der Waals surface area (Å²) in [7, 11) is 4.34. The van der Waals surface area contributed by atoms with E-state index in [1.54, 1.807) is 0 Å². The Morgan fingerprint density at radius 1 is 1.19 bits per heavy atom. The summed E-state index contributed by atoms with van der Waals surface area (Å²) in [6, 6.07) is 0.794. The molecule has 1 saturated carbocycles. The monoisotopic (exact) mass is 226 g/mol. The van der Waals surface area contributed by atoms with Crippen LogP contribution in [-0.4, -0.2) is 38.1 Å². The van der Waals surface area contributed by atoms with Crippen LogP contribution in [0.4, 0.5) is 0 Å². The highest BCUT2D eigenvalue weighted by Gasteiger charge is 2.35. The Balaban J connectivity index is 2.59. The molecule has 1 aliphatic carbocycles. The van der Waals surface area contributed by atoms with Gasteiger partial charge in [0.15, 0.2) is 0 Å². The third kappa shape index (κ3) is 3.74. The smallest absolute Gasteiger partial charge is 0.0126 e. The van der Waals surface area contributed by atoms with Gasteiger partial charge in [0, 0.05) is 19.1 Å². The molecule has 0 aromatic rings. The molecule has 2 atom stereocenters. The summed E-state index contributed by atoms with van der Waals surface area (Å²) < 4.78 is 0. The molecule has 0 aliphatic heterocycles. The maximum Gasteiger partial charge on any atom is 0.0126 e. The first-order chi connectivity index (χ1) is 7.46. The van der Waals surface area contributed by atoms with Gasteiger partial charge >= 0.3 is 0 Å². The summed E-state index contributed by atoms with van der Waals surface area (Å²) in [5.41, 5.74) is 0.457. The number of nitrogens with zero attached hydrogens (tertiary/aromatic N) is 1. The van der Waals surface area contributed by atoms with Crippen molar-refractivity contribution in [3.05, 3.63) is 0 Å². The Morgan fingerprint density at radius 3 is 2.38 bits per heavy atom. The maximum absolute atomic E-state index is 3.25. The van der Waals surface area contributed by atoms with Crippen molar-refractivity contribution in [1.29, 1.82) is 0 Å². The summed E-state index contributed by atoms with van der Waals surface area (Å²) in [5, 5.41) is 3.25. The Hall–Kier alpha value is -0.0800. The van der Waals surface area contributed by atoms with Crippen LogP contribution in [0.3, 0.4) is 0 Å². The molecule has 0 radical (unpaired) electrons. The van der Waals surface area contributed by atoms with Gasteiger partial charge in [0.2, 0.25) is 0 Å². The van der Waals surface area contributed by atoms with Crippen LogP contribution in [0.25, 0.3) is 0 Å². The number of likely N-dealkylation sites (N-methyl/N-ethyl adjacent to an activating group) is 2. The second-order valence-corrected chi connectivity index (χ2v) is 6.41. The summed E-state index contributed by atoms with van der Waals surface area (Å²) in [4.78, 5) is 2.57. The molecule has 0 aromatic carbocycles. The molecule has 1 rings (SSSR count). The Morgan fingerprint density at radius 2 is 1.81 bits per heavy atom. The minimum absolute atomic E-state index is 0.457. The molecule has 0 aromatic heterocycles. The van der Waals surface area contributed by atoms with Crippen molar-refractivity contribution in [2.75, 3.05) is 27.2 Å². The van der Waals surface area contributed by atoms with Crippen molar-refractivity contribution in [1.82, 2.24) is 10.2 Å². The van der Waals surface area contributed by atoms with Crippen molar-refractivity contribution in [3.63, 3.8) is 0 Å². The number of hydrogen-bond acceptors (Lipinski definition) is 2. The first-order valence-electron chi connectivity index (χ1n) is 6.81. The Kier molecular flexibility index (Phi) is 5.26. The molecule has 2 unspecified atom stereocenters. The fourth-order valence-electron chi connectivity index (χ4n) is 3.10. The topological polar surface area (TPSA) is 15.3 Å². The van der Waals surface area contributed by atoms with Gasteiger partial charge < -0.3 is 10.2 Å². The first kappa shape index (κ1) is 14.0. The zero-order valence-corrected chi connectivity index (χ0v) is 11.8. The lowest BCUT2D eigenvalue weighted by Gasteiger charge is -2.44. The van der Waals surface area contributed by atoms with Gasteiger partial charge in [-0.2, -0.15) is 0 Å². The molecule has 0 heterocycles. The van der Waals surface area contributed by atoms with Crippen LogP contribution in [-0.2, 0) is 0 Å². The molecule has 0 spiro atoms. The van der Waals surface area contributed by atoms with E-state index in [1.165, 1.54) is 32.2 Å². The third-order valence-electron chi connectivity index (χ3n) is 4.12. The molecule has 0 amide bonds. The zero-order chi connectivity index (χ0) is 12.2. The van der Waals surface area contributed by atoms with Crippen LogP contribution in [0.5, 0.6) is 0 Å². The van der Waals surface area contributed by atoms with Crippen molar-refractivity contribution in [3.8, 4) is 0 Å². The first-order valence-corrected chi connectivity index (χ1v) is 6.81. The van der Waals surface area contributed by atoms with Gasteiger partial charge in [0.05, 0.1) is 0 Å². The maximum atomic E-state index is 3.25. The fraction of sp³-hybridized carbons (Fsp3) is 1.00. The second kappa shape index (κ2) is 6.02. The van der Waals surface area contributed by atoms with Crippen LogP contribution in [0.2, 0.25) is 0 Å². The van der Waals surface area contributed by atoms with E-state index in [0.29, 0.717) is 5.41 Å². The van der Waals surface area contributed by atoms with Crippen molar-refractivity contribution < 1.29 is 0 Å². The number of nitrogens with one attached hydrogen (secondary N) is 1. The van der Waals surface area contributed by atoms with Gasteiger partial charge in [0.25, 0.3) is 0 Å². The van der Waals surface area contributed by atoms with Crippen molar-refractivity contribution in [2.45, 2.75) is 52.5 Å². The van der Waals surface area contributed by atoms with Gasteiger partial charge in [-0.25, -0.2) is 0 Å². The van der Waals surface area contributed by atoms with E-state index in [-0.39, 0.29) is 0 Å². The largest absolute Gasteiger partial charge is 0.318 e. The standard InChI is InChI=1S/C14H30N2/c1-14(2,3)12-8-6-7-9-13(12)16(5)11-10-15-4/h12-13,15H,6-11H2,1-5H3. The summed E-state index contributed by atoms with van der Waals surface area (Å²) in [6.07, 6.45) is 5.65. The minimum atomic E-state index is 0.457. The van der Waals surface area contributed by atoms with Crippen molar-refractivity contribution >= 4 is 0 Å². The average molecular weight is 226 g/mol. The highest BCUT2D eigenvalue weighted by atomic mass is 15.1. The molecule has 1 aliphatic rings. The molecule has 1 N–H and O–H groups in total. The van der Waals surface area contributed by atoms with E-state index in [4.69, 9.17) is 0 Å². The van der Waals surface area contributed by atoms with Crippen LogP contribution < -0.4 is 5.32 Å². The quantitative estimate of drug-likeness (QED) is 0.793. The van der Waals surface area contributed by atoms with Gasteiger partial charge in [-0.15, -0.1) is 0 Å². The average Bonchev–Trinajstić information content (AvgIpc) is 2.24. The predicted octanol–water partition coefficient (Wildman–Crippen LogP) is 2.74.